The second kappa shape index (κ2) is 7.36. The summed E-state index contributed by atoms with van der Waals surface area (Å²) in [4.78, 5) is 4.42. The van der Waals surface area contributed by atoms with Gasteiger partial charge < -0.3 is 11.5 Å². The molecule has 0 aliphatic carbocycles. The first-order valence-corrected chi connectivity index (χ1v) is 6.16. The van der Waals surface area contributed by atoms with Gasteiger partial charge in [0.2, 0.25) is 0 Å². The van der Waals surface area contributed by atoms with Crippen molar-refractivity contribution < 1.29 is 0 Å². The van der Waals surface area contributed by atoms with Gasteiger partial charge in [-0.3, -0.25) is 4.98 Å². The van der Waals surface area contributed by atoms with Crippen LogP contribution in [0.25, 0.3) is 0 Å². The molecule has 0 fully saturated rings. The Morgan fingerprint density at radius 2 is 2.12 bits per heavy atom. The number of nitrogens with zero attached hydrogens (tertiary/aromatic N) is 1. The Labute approximate surface area is 98.3 Å². The molecule has 0 radical (unpaired) electrons. The van der Waals surface area contributed by atoms with Crippen LogP contribution in [-0.2, 0) is 0 Å². The minimum absolute atomic E-state index is 0.179. The average Bonchev–Trinajstić information content (AvgIpc) is 2.34. The van der Waals surface area contributed by atoms with Crippen molar-refractivity contribution >= 4 is 0 Å². The first-order valence-electron chi connectivity index (χ1n) is 6.16. The molecule has 1 heterocycles. The predicted octanol–water partition coefficient (Wildman–Crippen LogP) is 2.03. The van der Waals surface area contributed by atoms with Gasteiger partial charge in [0.05, 0.1) is 0 Å². The molecule has 0 amide bonds. The van der Waals surface area contributed by atoms with Crippen LogP contribution in [0.15, 0.2) is 24.4 Å². The minimum atomic E-state index is 0.179. The van der Waals surface area contributed by atoms with E-state index in [0.29, 0.717) is 5.92 Å². The Morgan fingerprint density at radius 1 is 1.31 bits per heavy atom. The second-order valence-electron chi connectivity index (χ2n) is 4.24. The molecular weight excluding hydrogens is 198 g/mol. The molecule has 1 aromatic heterocycles. The number of hydrogen-bond acceptors (Lipinski definition) is 3. The van der Waals surface area contributed by atoms with Crippen LogP contribution in [0.5, 0.6) is 0 Å². The Bertz CT molecular complexity index is 274. The molecule has 3 nitrogen and oxygen atoms in total. The molecular formula is C13H23N3. The molecule has 1 aromatic rings. The first kappa shape index (κ1) is 13.1. The van der Waals surface area contributed by atoms with Gasteiger partial charge >= 0.3 is 0 Å². The molecule has 2 atom stereocenters. The number of hydrogen-bond donors (Lipinski definition) is 2. The molecule has 0 saturated carbocycles. The van der Waals surface area contributed by atoms with Gasteiger partial charge in [0.25, 0.3) is 0 Å². The highest BCUT2D eigenvalue weighted by Gasteiger charge is 2.19. The number of rotatable bonds is 7. The smallest absolute Gasteiger partial charge is 0.0449 e. The lowest BCUT2D eigenvalue weighted by Gasteiger charge is -2.22. The van der Waals surface area contributed by atoms with Crippen molar-refractivity contribution in [3.63, 3.8) is 0 Å². The molecule has 16 heavy (non-hydrogen) atoms. The maximum Gasteiger partial charge on any atom is 0.0449 e. The molecule has 0 aliphatic rings. The highest BCUT2D eigenvalue weighted by molar-refractivity contribution is 5.11. The van der Waals surface area contributed by atoms with Crippen molar-refractivity contribution in [2.45, 2.75) is 44.6 Å². The third kappa shape index (κ3) is 3.91. The fourth-order valence-electron chi connectivity index (χ4n) is 2.04. The first-order chi connectivity index (χ1) is 7.79. The minimum Gasteiger partial charge on any atom is -0.330 e. The summed E-state index contributed by atoms with van der Waals surface area (Å²) in [6.07, 6.45) is 6.06. The predicted molar refractivity (Wildman–Crippen MR) is 68.1 cm³/mol. The summed E-state index contributed by atoms with van der Waals surface area (Å²) >= 11 is 0. The zero-order chi connectivity index (χ0) is 11.8. The van der Waals surface area contributed by atoms with Crippen LogP contribution in [0.2, 0.25) is 0 Å². The van der Waals surface area contributed by atoms with Crippen LogP contribution in [0.4, 0.5) is 0 Å². The van der Waals surface area contributed by atoms with Gasteiger partial charge in [0.15, 0.2) is 0 Å². The summed E-state index contributed by atoms with van der Waals surface area (Å²) in [5.41, 5.74) is 12.9. The lowest BCUT2D eigenvalue weighted by molar-refractivity contribution is 0.452. The molecule has 2 unspecified atom stereocenters. The highest BCUT2D eigenvalue weighted by Crippen LogP contribution is 2.24. The Balaban J connectivity index is 2.66. The molecule has 4 N–H and O–H groups in total. The Morgan fingerprint density at radius 3 is 2.69 bits per heavy atom. The maximum absolute atomic E-state index is 6.23. The molecule has 90 valence electrons. The summed E-state index contributed by atoms with van der Waals surface area (Å²) in [5.74, 6) is 0.373. The standard InChI is InChI=1S/C13H23N3/c1-2-6-11(12(15)7-5-9-14)13-8-3-4-10-16-13/h3-4,8,10-12H,2,5-7,9,14-15H2,1H3. The molecule has 3 heteroatoms. The zero-order valence-electron chi connectivity index (χ0n) is 10.1. The zero-order valence-corrected chi connectivity index (χ0v) is 10.1. The van der Waals surface area contributed by atoms with Crippen LogP contribution in [0.3, 0.4) is 0 Å². The van der Waals surface area contributed by atoms with Crippen molar-refractivity contribution in [3.05, 3.63) is 30.1 Å². The van der Waals surface area contributed by atoms with Gasteiger partial charge in [-0.2, -0.15) is 0 Å². The average molecular weight is 221 g/mol. The van der Waals surface area contributed by atoms with Crippen molar-refractivity contribution in [1.82, 2.24) is 4.98 Å². The van der Waals surface area contributed by atoms with E-state index in [1.165, 1.54) is 0 Å². The fourth-order valence-corrected chi connectivity index (χ4v) is 2.04. The van der Waals surface area contributed by atoms with E-state index in [-0.39, 0.29) is 6.04 Å². The summed E-state index contributed by atoms with van der Waals surface area (Å²) in [6.45, 7) is 2.90. The van der Waals surface area contributed by atoms with Gasteiger partial charge in [0, 0.05) is 23.9 Å². The van der Waals surface area contributed by atoms with E-state index in [9.17, 15) is 0 Å². The van der Waals surface area contributed by atoms with E-state index < -0.39 is 0 Å². The molecule has 0 aromatic carbocycles. The third-order valence-corrected chi connectivity index (χ3v) is 2.93. The van der Waals surface area contributed by atoms with Gasteiger partial charge in [-0.1, -0.05) is 19.4 Å². The van der Waals surface area contributed by atoms with E-state index in [0.717, 1.165) is 37.9 Å². The highest BCUT2D eigenvalue weighted by atomic mass is 14.7. The van der Waals surface area contributed by atoms with Crippen LogP contribution >= 0.6 is 0 Å². The van der Waals surface area contributed by atoms with Crippen LogP contribution in [0, 0.1) is 0 Å². The van der Waals surface area contributed by atoms with Gasteiger partial charge in [0.1, 0.15) is 0 Å². The largest absolute Gasteiger partial charge is 0.330 e. The summed E-state index contributed by atoms with van der Waals surface area (Å²) in [6, 6.07) is 6.22. The van der Waals surface area contributed by atoms with Gasteiger partial charge in [-0.25, -0.2) is 0 Å². The second-order valence-corrected chi connectivity index (χ2v) is 4.24. The normalized spacial score (nSPS) is 14.7. The van der Waals surface area contributed by atoms with Crippen molar-refractivity contribution in [2.75, 3.05) is 6.54 Å². The van der Waals surface area contributed by atoms with E-state index in [1.807, 2.05) is 18.3 Å². The summed E-state index contributed by atoms with van der Waals surface area (Å²) < 4.78 is 0. The quantitative estimate of drug-likeness (QED) is 0.740. The van der Waals surface area contributed by atoms with E-state index in [2.05, 4.69) is 18.0 Å². The SMILES string of the molecule is CCCC(c1ccccn1)C(N)CCCN. The molecule has 1 rings (SSSR count). The van der Waals surface area contributed by atoms with Crippen molar-refractivity contribution in [2.24, 2.45) is 11.5 Å². The lowest BCUT2D eigenvalue weighted by Crippen LogP contribution is -2.29. The Kier molecular flexibility index (Phi) is 6.04. The van der Waals surface area contributed by atoms with Crippen LogP contribution in [-0.4, -0.2) is 17.6 Å². The molecule has 0 saturated heterocycles. The third-order valence-electron chi connectivity index (χ3n) is 2.93. The molecule has 0 aliphatic heterocycles. The van der Waals surface area contributed by atoms with E-state index in [1.54, 1.807) is 0 Å². The number of nitrogens with two attached hydrogens (primary N) is 2. The van der Waals surface area contributed by atoms with Crippen molar-refractivity contribution in [3.8, 4) is 0 Å². The van der Waals surface area contributed by atoms with Gasteiger partial charge in [-0.15, -0.1) is 0 Å². The monoisotopic (exact) mass is 221 g/mol. The topological polar surface area (TPSA) is 64.9 Å². The summed E-state index contributed by atoms with van der Waals surface area (Å²) in [7, 11) is 0. The van der Waals surface area contributed by atoms with E-state index >= 15 is 0 Å². The Hall–Kier alpha value is -0.930. The van der Waals surface area contributed by atoms with Crippen molar-refractivity contribution in [1.29, 1.82) is 0 Å². The van der Waals surface area contributed by atoms with E-state index in [4.69, 9.17) is 11.5 Å². The van der Waals surface area contributed by atoms with Crippen LogP contribution in [0.1, 0.15) is 44.2 Å². The number of aromatic nitrogens is 1. The number of pyridine rings is 1. The fraction of sp³-hybridized carbons (Fsp3) is 0.615. The van der Waals surface area contributed by atoms with Gasteiger partial charge in [-0.05, 0) is 37.9 Å². The van der Waals surface area contributed by atoms with Crippen LogP contribution < -0.4 is 11.5 Å². The maximum atomic E-state index is 6.23. The lowest BCUT2D eigenvalue weighted by atomic mass is 9.89. The molecule has 0 bridgehead atoms. The summed E-state index contributed by atoms with van der Waals surface area (Å²) in [5, 5.41) is 0. The molecule has 0 spiro atoms.